The summed E-state index contributed by atoms with van der Waals surface area (Å²) < 4.78 is 4.61. The van der Waals surface area contributed by atoms with E-state index in [0.29, 0.717) is 12.0 Å². The Kier molecular flexibility index (Phi) is 6.00. The highest BCUT2D eigenvalue weighted by Crippen LogP contribution is 1.92. The summed E-state index contributed by atoms with van der Waals surface area (Å²) in [5.41, 5.74) is 0. The molecule has 2 N–H and O–H groups in total. The molecule has 0 saturated heterocycles. The van der Waals surface area contributed by atoms with Crippen LogP contribution in [-0.4, -0.2) is 29.9 Å². The Morgan fingerprint density at radius 3 is 1.38 bits per heavy atom. The number of aldehydes is 1. The summed E-state index contributed by atoms with van der Waals surface area (Å²) in [6, 6.07) is 3.27. The molecule has 1 aromatic heterocycles. The second-order valence-electron chi connectivity index (χ2n) is 3.51. The lowest BCUT2D eigenvalue weighted by molar-refractivity contribution is -0.125. The fourth-order valence-electron chi connectivity index (χ4n) is 1.07. The zero-order valence-corrected chi connectivity index (χ0v) is 10.6. The molecule has 0 aliphatic carbocycles. The van der Waals surface area contributed by atoms with Gasteiger partial charge in [-0.05, 0) is 12.1 Å². The minimum Gasteiger partial charge on any atom is -0.462 e. The van der Waals surface area contributed by atoms with Crippen LogP contribution in [0.3, 0.4) is 0 Å². The fourth-order valence-corrected chi connectivity index (χ4v) is 1.07. The molecule has 0 radical (unpaired) electrons. The van der Waals surface area contributed by atoms with Gasteiger partial charge in [0.15, 0.2) is 12.0 Å². The molecule has 8 heteroatoms. The molecule has 108 valence electrons. The van der Waals surface area contributed by atoms with Crippen LogP contribution < -0.4 is 10.6 Å². The standard InChI is InChI=1S/C5H4O2.2C4H3NO2/c6-4-5-2-1-3-7-5;2*6-3-1-2-4(7)5-3/h1-4H;2*1-2H,(H,5,6,7). The van der Waals surface area contributed by atoms with Crippen molar-refractivity contribution in [1.29, 1.82) is 0 Å². The van der Waals surface area contributed by atoms with Gasteiger partial charge in [-0.25, -0.2) is 0 Å². The average Bonchev–Trinajstić information content (AvgIpc) is 3.16. The predicted octanol–water partition coefficient (Wildman–Crippen LogP) is -0.510. The summed E-state index contributed by atoms with van der Waals surface area (Å²) in [4.78, 5) is 49.9. The van der Waals surface area contributed by atoms with Crippen molar-refractivity contribution in [3.05, 3.63) is 48.5 Å². The van der Waals surface area contributed by atoms with Gasteiger partial charge in [-0.1, -0.05) is 0 Å². The molecule has 0 aromatic carbocycles. The predicted molar refractivity (Wildman–Crippen MR) is 68.7 cm³/mol. The van der Waals surface area contributed by atoms with Gasteiger partial charge >= 0.3 is 0 Å². The number of amides is 4. The molecule has 0 unspecified atom stereocenters. The molecular weight excluding hydrogens is 280 g/mol. The van der Waals surface area contributed by atoms with E-state index in [1.54, 1.807) is 12.1 Å². The quantitative estimate of drug-likeness (QED) is 0.530. The summed E-state index contributed by atoms with van der Waals surface area (Å²) in [5, 5.41) is 4.06. The number of imide groups is 2. The topological polar surface area (TPSA) is 123 Å². The molecule has 0 atom stereocenters. The normalized spacial score (nSPS) is 14.7. The lowest BCUT2D eigenvalue weighted by atomic mass is 10.5. The molecule has 3 heterocycles. The van der Waals surface area contributed by atoms with Gasteiger partial charge in [0.1, 0.15) is 0 Å². The van der Waals surface area contributed by atoms with Gasteiger partial charge in [0.25, 0.3) is 23.6 Å². The number of hydrogen-bond acceptors (Lipinski definition) is 6. The van der Waals surface area contributed by atoms with Crippen LogP contribution in [0.5, 0.6) is 0 Å². The highest BCUT2D eigenvalue weighted by molar-refractivity contribution is 6.13. The van der Waals surface area contributed by atoms with Crippen molar-refractivity contribution in [2.75, 3.05) is 0 Å². The summed E-state index contributed by atoms with van der Waals surface area (Å²) >= 11 is 0. The van der Waals surface area contributed by atoms with Crippen molar-refractivity contribution in [2.45, 2.75) is 0 Å². The molecule has 0 fully saturated rings. The van der Waals surface area contributed by atoms with Crippen LogP contribution in [-0.2, 0) is 19.2 Å². The van der Waals surface area contributed by atoms with Gasteiger partial charge in [-0.3, -0.25) is 34.6 Å². The fraction of sp³-hybridized carbons (Fsp3) is 0. The second-order valence-corrected chi connectivity index (χ2v) is 3.51. The monoisotopic (exact) mass is 290 g/mol. The Labute approximate surface area is 118 Å². The third-order valence-electron chi connectivity index (χ3n) is 1.92. The highest BCUT2D eigenvalue weighted by atomic mass is 16.3. The molecule has 8 nitrogen and oxygen atoms in total. The molecule has 2 aliphatic rings. The van der Waals surface area contributed by atoms with E-state index in [9.17, 15) is 24.0 Å². The molecule has 4 amide bonds. The lowest BCUT2D eigenvalue weighted by Gasteiger charge is -1.80. The number of nitrogens with one attached hydrogen (secondary N) is 2. The summed E-state index contributed by atoms with van der Waals surface area (Å²) in [6.45, 7) is 0. The van der Waals surface area contributed by atoms with E-state index < -0.39 is 0 Å². The van der Waals surface area contributed by atoms with Crippen LogP contribution in [0.1, 0.15) is 10.6 Å². The number of carbonyl (C=O) groups excluding carboxylic acids is 5. The highest BCUT2D eigenvalue weighted by Gasteiger charge is 2.07. The Morgan fingerprint density at radius 1 is 0.810 bits per heavy atom. The minimum absolute atomic E-state index is 0.329. The van der Waals surface area contributed by atoms with E-state index in [2.05, 4.69) is 4.42 Å². The van der Waals surface area contributed by atoms with Gasteiger partial charge in [-0.2, -0.15) is 0 Å². The summed E-state index contributed by atoms with van der Waals surface area (Å²) in [7, 11) is 0. The summed E-state index contributed by atoms with van der Waals surface area (Å²) in [6.07, 6.45) is 6.92. The SMILES string of the molecule is O=C1C=CC(=O)N1.O=C1C=CC(=O)N1.O=Cc1ccco1. The Morgan fingerprint density at radius 2 is 1.24 bits per heavy atom. The molecule has 1 aromatic rings. The van der Waals surface area contributed by atoms with E-state index >= 15 is 0 Å². The van der Waals surface area contributed by atoms with Crippen molar-refractivity contribution in [2.24, 2.45) is 0 Å². The van der Waals surface area contributed by atoms with Crippen LogP contribution in [0.25, 0.3) is 0 Å². The maximum absolute atomic E-state index is 10.0. The van der Waals surface area contributed by atoms with Crippen LogP contribution in [0.15, 0.2) is 47.1 Å². The number of rotatable bonds is 1. The maximum Gasteiger partial charge on any atom is 0.250 e. The third kappa shape index (κ3) is 6.43. The maximum atomic E-state index is 10.0. The molecule has 0 bridgehead atoms. The second kappa shape index (κ2) is 8.00. The first-order valence-corrected chi connectivity index (χ1v) is 5.56. The molecular formula is C13H10N2O6. The van der Waals surface area contributed by atoms with Gasteiger partial charge in [0.05, 0.1) is 6.26 Å². The largest absolute Gasteiger partial charge is 0.462 e. The lowest BCUT2D eigenvalue weighted by Crippen LogP contribution is -2.19. The third-order valence-corrected chi connectivity index (χ3v) is 1.92. The van der Waals surface area contributed by atoms with Crippen molar-refractivity contribution in [1.82, 2.24) is 10.6 Å². The van der Waals surface area contributed by atoms with E-state index in [-0.39, 0.29) is 23.6 Å². The molecule has 2 aliphatic heterocycles. The van der Waals surface area contributed by atoms with Gasteiger partial charge < -0.3 is 4.42 Å². The van der Waals surface area contributed by atoms with E-state index in [1.807, 2.05) is 10.6 Å². The van der Waals surface area contributed by atoms with Gasteiger partial charge in [0.2, 0.25) is 0 Å². The van der Waals surface area contributed by atoms with Crippen molar-refractivity contribution in [3.63, 3.8) is 0 Å². The zero-order chi connectivity index (χ0) is 15.7. The van der Waals surface area contributed by atoms with Crippen LogP contribution in [0, 0.1) is 0 Å². The first-order chi connectivity index (χ1) is 10.0. The molecule has 0 saturated carbocycles. The first-order valence-electron chi connectivity index (χ1n) is 5.56. The zero-order valence-electron chi connectivity index (χ0n) is 10.6. The van der Waals surface area contributed by atoms with Gasteiger partial charge in [-0.15, -0.1) is 0 Å². The minimum atomic E-state index is -0.329. The molecule has 3 rings (SSSR count). The Hall–Kier alpha value is -3.29. The van der Waals surface area contributed by atoms with Gasteiger partial charge in [0, 0.05) is 24.3 Å². The van der Waals surface area contributed by atoms with Crippen molar-refractivity contribution < 1.29 is 28.4 Å². The van der Waals surface area contributed by atoms with E-state index in [4.69, 9.17) is 0 Å². The van der Waals surface area contributed by atoms with Crippen molar-refractivity contribution >= 4 is 29.9 Å². The smallest absolute Gasteiger partial charge is 0.250 e. The molecule has 21 heavy (non-hydrogen) atoms. The number of furan rings is 1. The summed E-state index contributed by atoms with van der Waals surface area (Å²) in [5.74, 6) is -0.940. The van der Waals surface area contributed by atoms with E-state index in [0.717, 1.165) is 0 Å². The number of carbonyl (C=O) groups is 5. The van der Waals surface area contributed by atoms with Crippen LogP contribution in [0.4, 0.5) is 0 Å². The van der Waals surface area contributed by atoms with E-state index in [1.165, 1.54) is 30.6 Å². The first kappa shape index (κ1) is 15.8. The average molecular weight is 290 g/mol. The molecule has 0 spiro atoms. The van der Waals surface area contributed by atoms with Crippen LogP contribution >= 0.6 is 0 Å². The Balaban J connectivity index is 0.000000157. The number of hydrogen-bond donors (Lipinski definition) is 2. The van der Waals surface area contributed by atoms with Crippen LogP contribution in [0.2, 0.25) is 0 Å². The van der Waals surface area contributed by atoms with Crippen molar-refractivity contribution in [3.8, 4) is 0 Å². The Bertz CT molecular complexity index is 545.